The Labute approximate surface area is 223 Å². The van der Waals surface area contributed by atoms with Crippen molar-refractivity contribution in [2.75, 3.05) is 17.2 Å². The maximum absolute atomic E-state index is 12.7. The second kappa shape index (κ2) is 12.6. The van der Waals surface area contributed by atoms with Crippen molar-refractivity contribution in [3.8, 4) is 5.75 Å². The van der Waals surface area contributed by atoms with Crippen molar-refractivity contribution in [1.82, 2.24) is 0 Å². The quantitative estimate of drug-likeness (QED) is 0.243. The summed E-state index contributed by atoms with van der Waals surface area (Å²) in [6.07, 6.45) is 5.27. The van der Waals surface area contributed by atoms with Crippen molar-refractivity contribution in [2.24, 2.45) is 0 Å². The Balaban J connectivity index is 0.00000361. The average molecular weight is 525 g/mol. The van der Waals surface area contributed by atoms with E-state index in [9.17, 15) is 9.90 Å². The van der Waals surface area contributed by atoms with E-state index >= 15 is 0 Å². The number of carbonyl (C=O) groups excluding carboxylic acids is 1. The van der Waals surface area contributed by atoms with E-state index in [0.29, 0.717) is 23.7 Å². The van der Waals surface area contributed by atoms with E-state index in [-0.39, 0.29) is 24.4 Å². The predicted octanol–water partition coefficient (Wildman–Crippen LogP) is 6.50. The Morgan fingerprint density at radius 3 is 2.42 bits per heavy atom. The Kier molecular flexibility index (Phi) is 9.59. The fraction of sp³-hybridized carbons (Fsp3) is 0.207. The Morgan fingerprint density at radius 2 is 1.75 bits per heavy atom. The number of hydrogen-bond donors (Lipinski definition) is 3. The van der Waals surface area contributed by atoms with Crippen molar-refractivity contribution >= 4 is 46.9 Å². The molecule has 36 heavy (non-hydrogen) atoms. The van der Waals surface area contributed by atoms with Crippen molar-refractivity contribution in [3.05, 3.63) is 107 Å². The summed E-state index contributed by atoms with van der Waals surface area (Å²) in [7, 11) is 0. The average Bonchev–Trinajstić information content (AvgIpc) is 2.83. The molecule has 188 valence electrons. The number of nitrogens with one attached hydrogen (secondary N) is 2. The number of fused-ring (bicyclic) bond motifs is 1. The SMILES string of the molecule is CC(C)Oc1ccc(/C(=C\C=C\C(=O)Nc2cccc3c2CC(O)CN3)c2ccc(Cl)cc2)cc1.Cl. The van der Waals surface area contributed by atoms with Gasteiger partial charge in [-0.05, 0) is 66.9 Å². The molecular formula is C29H30Cl2N2O3. The first kappa shape index (κ1) is 27.3. The van der Waals surface area contributed by atoms with Crippen LogP contribution in [0.5, 0.6) is 5.75 Å². The predicted molar refractivity (Wildman–Crippen MR) is 150 cm³/mol. The van der Waals surface area contributed by atoms with Gasteiger partial charge in [0.05, 0.1) is 12.2 Å². The normalized spacial score (nSPS) is 15.1. The lowest BCUT2D eigenvalue weighted by Crippen LogP contribution is -2.28. The van der Waals surface area contributed by atoms with Crippen LogP contribution in [0.3, 0.4) is 0 Å². The summed E-state index contributed by atoms with van der Waals surface area (Å²) in [6, 6.07) is 21.2. The van der Waals surface area contributed by atoms with Gasteiger partial charge in [-0.3, -0.25) is 4.79 Å². The maximum atomic E-state index is 12.7. The van der Waals surface area contributed by atoms with Crippen molar-refractivity contribution < 1.29 is 14.6 Å². The van der Waals surface area contributed by atoms with Crippen molar-refractivity contribution in [2.45, 2.75) is 32.5 Å². The van der Waals surface area contributed by atoms with Crippen LogP contribution in [-0.2, 0) is 11.2 Å². The van der Waals surface area contributed by atoms with Gasteiger partial charge in [-0.1, -0.05) is 54.1 Å². The number of β-amino-alcohol motifs (C(OH)–C–C–N with tert-alkyl or cyclic N) is 1. The third-order valence-corrected chi connectivity index (χ3v) is 5.86. The Bertz CT molecular complexity index is 1240. The van der Waals surface area contributed by atoms with Gasteiger partial charge in [0.25, 0.3) is 0 Å². The highest BCUT2D eigenvalue weighted by atomic mass is 35.5. The summed E-state index contributed by atoms with van der Waals surface area (Å²) in [5.74, 6) is 0.561. The maximum Gasteiger partial charge on any atom is 0.248 e. The topological polar surface area (TPSA) is 70.6 Å². The summed E-state index contributed by atoms with van der Waals surface area (Å²) in [5.41, 5.74) is 5.47. The molecule has 3 N–H and O–H groups in total. The number of halogens is 2. The number of rotatable bonds is 7. The van der Waals surface area contributed by atoms with Crippen LogP contribution in [0.4, 0.5) is 11.4 Å². The second-order valence-corrected chi connectivity index (χ2v) is 9.13. The number of aliphatic hydroxyl groups excluding tert-OH is 1. The van der Waals surface area contributed by atoms with Crippen LogP contribution < -0.4 is 15.4 Å². The molecule has 0 radical (unpaired) electrons. The number of allylic oxidation sites excluding steroid dienone is 2. The van der Waals surface area contributed by atoms with Gasteiger partial charge in [0.1, 0.15) is 5.75 Å². The summed E-state index contributed by atoms with van der Waals surface area (Å²) in [4.78, 5) is 12.7. The summed E-state index contributed by atoms with van der Waals surface area (Å²) < 4.78 is 5.76. The van der Waals surface area contributed by atoms with Gasteiger partial charge in [-0.2, -0.15) is 0 Å². The first-order chi connectivity index (χ1) is 16.9. The van der Waals surface area contributed by atoms with Gasteiger partial charge >= 0.3 is 0 Å². The number of carbonyl (C=O) groups is 1. The van der Waals surface area contributed by atoms with E-state index in [1.54, 1.807) is 6.08 Å². The van der Waals surface area contributed by atoms with Crippen LogP contribution in [0.1, 0.15) is 30.5 Å². The van der Waals surface area contributed by atoms with E-state index in [0.717, 1.165) is 33.7 Å². The van der Waals surface area contributed by atoms with Gasteiger partial charge in [-0.15, -0.1) is 12.4 Å². The second-order valence-electron chi connectivity index (χ2n) is 8.70. The van der Waals surface area contributed by atoms with Crippen LogP contribution >= 0.6 is 24.0 Å². The molecule has 7 heteroatoms. The molecule has 3 aromatic rings. The van der Waals surface area contributed by atoms with Crippen LogP contribution in [0, 0.1) is 0 Å². The highest BCUT2D eigenvalue weighted by Crippen LogP contribution is 2.29. The fourth-order valence-corrected chi connectivity index (χ4v) is 4.13. The first-order valence-corrected chi connectivity index (χ1v) is 12.0. The third-order valence-electron chi connectivity index (χ3n) is 5.60. The smallest absolute Gasteiger partial charge is 0.248 e. The Hall–Kier alpha value is -3.25. The highest BCUT2D eigenvalue weighted by Gasteiger charge is 2.19. The molecule has 1 unspecified atom stereocenters. The standard InChI is InChI=1S/C29H29ClN2O3.ClH/c1-19(2)35-24-15-11-21(12-16-24)25(20-9-13-22(30)14-10-20)5-3-8-29(34)32-28-7-4-6-27-26(28)17-23(33)18-31-27;/h3-16,19,23,31,33H,17-18H2,1-2H3,(H,32,34);1H/b8-3+,25-5-;. The van der Waals surface area contributed by atoms with Gasteiger partial charge in [-0.25, -0.2) is 0 Å². The van der Waals surface area contributed by atoms with Crippen molar-refractivity contribution in [1.29, 1.82) is 0 Å². The molecule has 1 aliphatic rings. The molecule has 5 nitrogen and oxygen atoms in total. The lowest BCUT2D eigenvalue weighted by molar-refractivity contribution is -0.111. The van der Waals surface area contributed by atoms with E-state index in [1.807, 2.05) is 86.7 Å². The molecule has 0 bridgehead atoms. The monoisotopic (exact) mass is 524 g/mol. The molecule has 1 heterocycles. The van der Waals surface area contributed by atoms with Gasteiger partial charge < -0.3 is 20.5 Å². The largest absolute Gasteiger partial charge is 0.491 e. The van der Waals surface area contributed by atoms with Gasteiger partial charge in [0, 0.05) is 41.0 Å². The molecule has 1 aliphatic heterocycles. The summed E-state index contributed by atoms with van der Waals surface area (Å²) in [6.45, 7) is 4.49. The zero-order valence-electron chi connectivity index (χ0n) is 20.2. The zero-order chi connectivity index (χ0) is 24.8. The molecule has 0 saturated heterocycles. The molecule has 0 saturated carbocycles. The number of ether oxygens (including phenoxy) is 1. The van der Waals surface area contributed by atoms with E-state index in [4.69, 9.17) is 16.3 Å². The lowest BCUT2D eigenvalue weighted by atomic mass is 9.97. The molecule has 0 fully saturated rings. The first-order valence-electron chi connectivity index (χ1n) is 11.7. The van der Waals surface area contributed by atoms with E-state index in [2.05, 4.69) is 10.6 Å². The van der Waals surface area contributed by atoms with E-state index in [1.165, 1.54) is 6.08 Å². The van der Waals surface area contributed by atoms with Gasteiger partial charge in [0.15, 0.2) is 0 Å². The molecule has 0 spiro atoms. The molecule has 0 aliphatic carbocycles. The minimum absolute atomic E-state index is 0. The molecule has 1 amide bonds. The number of amides is 1. The number of benzene rings is 3. The highest BCUT2D eigenvalue weighted by molar-refractivity contribution is 6.30. The minimum atomic E-state index is -0.474. The van der Waals surface area contributed by atoms with Crippen LogP contribution in [0.2, 0.25) is 5.02 Å². The number of aliphatic hydroxyl groups is 1. The molecule has 0 aromatic heterocycles. The number of anilines is 2. The molecule has 3 aromatic carbocycles. The number of hydrogen-bond acceptors (Lipinski definition) is 4. The molecule has 4 rings (SSSR count). The fourth-order valence-electron chi connectivity index (χ4n) is 4.00. The molecular weight excluding hydrogens is 495 g/mol. The van der Waals surface area contributed by atoms with Crippen molar-refractivity contribution in [3.63, 3.8) is 0 Å². The minimum Gasteiger partial charge on any atom is -0.491 e. The summed E-state index contributed by atoms with van der Waals surface area (Å²) in [5, 5.41) is 16.8. The van der Waals surface area contributed by atoms with Gasteiger partial charge in [0.2, 0.25) is 5.91 Å². The van der Waals surface area contributed by atoms with E-state index < -0.39 is 6.10 Å². The van der Waals surface area contributed by atoms with Crippen LogP contribution in [0.25, 0.3) is 5.57 Å². The molecule has 1 atom stereocenters. The lowest BCUT2D eigenvalue weighted by Gasteiger charge is -2.24. The van der Waals surface area contributed by atoms with Crippen LogP contribution in [-0.4, -0.2) is 29.8 Å². The third kappa shape index (κ3) is 7.14. The zero-order valence-corrected chi connectivity index (χ0v) is 21.8. The Morgan fingerprint density at radius 1 is 1.08 bits per heavy atom. The summed E-state index contributed by atoms with van der Waals surface area (Å²) >= 11 is 6.09. The van der Waals surface area contributed by atoms with Crippen LogP contribution in [0.15, 0.2) is 85.0 Å².